The Labute approximate surface area is 126 Å². The van der Waals surface area contributed by atoms with Crippen molar-refractivity contribution in [3.05, 3.63) is 36.0 Å². The lowest BCUT2D eigenvalue weighted by Crippen LogP contribution is -2.17. The first-order valence-electron chi connectivity index (χ1n) is 7.45. The van der Waals surface area contributed by atoms with Gasteiger partial charge in [-0.05, 0) is 37.5 Å². The van der Waals surface area contributed by atoms with E-state index in [1.54, 1.807) is 6.92 Å². The molecule has 0 saturated carbocycles. The van der Waals surface area contributed by atoms with Crippen LogP contribution in [-0.4, -0.2) is 30.5 Å². The maximum Gasteiger partial charge on any atom is 0.150 e. The van der Waals surface area contributed by atoms with Crippen molar-refractivity contribution in [2.24, 2.45) is 5.73 Å². The quantitative estimate of drug-likeness (QED) is 0.854. The van der Waals surface area contributed by atoms with Crippen molar-refractivity contribution in [2.45, 2.75) is 39.3 Å². The predicted octanol–water partition coefficient (Wildman–Crippen LogP) is 2.36. The molecule has 0 aliphatic carbocycles. The second-order valence-corrected chi connectivity index (χ2v) is 8.10. The van der Waals surface area contributed by atoms with Crippen LogP contribution in [0.1, 0.15) is 25.8 Å². The van der Waals surface area contributed by atoms with Gasteiger partial charge in [0.15, 0.2) is 0 Å². The Kier molecular flexibility index (Phi) is 5.06. The summed E-state index contributed by atoms with van der Waals surface area (Å²) in [4.78, 5) is 0. The zero-order valence-corrected chi connectivity index (χ0v) is 13.6. The molecule has 1 aromatic carbocycles. The number of nitrogens with zero attached hydrogens (tertiary/aromatic N) is 1. The molecule has 2 aromatic rings. The van der Waals surface area contributed by atoms with Gasteiger partial charge in [-0.3, -0.25) is 0 Å². The van der Waals surface area contributed by atoms with Gasteiger partial charge in [-0.15, -0.1) is 0 Å². The third kappa shape index (κ3) is 4.08. The van der Waals surface area contributed by atoms with E-state index in [0.29, 0.717) is 6.42 Å². The van der Waals surface area contributed by atoms with Crippen LogP contribution in [-0.2, 0) is 22.8 Å². The van der Waals surface area contributed by atoms with Gasteiger partial charge in [0.25, 0.3) is 0 Å². The van der Waals surface area contributed by atoms with Crippen molar-refractivity contribution in [3.8, 4) is 0 Å². The molecule has 1 atom stereocenters. The van der Waals surface area contributed by atoms with Gasteiger partial charge in [-0.2, -0.15) is 0 Å². The normalized spacial score (nSPS) is 13.7. The molecule has 0 amide bonds. The third-order valence-electron chi connectivity index (χ3n) is 3.74. The van der Waals surface area contributed by atoms with E-state index in [4.69, 9.17) is 5.73 Å². The Balaban J connectivity index is 2.15. The number of aryl methyl sites for hydroxylation is 1. The highest BCUT2D eigenvalue weighted by molar-refractivity contribution is 7.91. The highest BCUT2D eigenvalue weighted by atomic mass is 32.2. The standard InChI is InChI=1S/C16H24N2O2S/c1-3-21(19,20)11-5-9-18-10-8-15-14(12-13(2)17)6-4-7-16(15)18/h4,6-8,10,13H,3,5,9,11-12,17H2,1-2H3. The van der Waals surface area contributed by atoms with Crippen LogP contribution in [0.4, 0.5) is 0 Å². The molecule has 116 valence electrons. The maximum atomic E-state index is 11.5. The molecule has 0 aliphatic heterocycles. The molecule has 0 saturated heterocycles. The van der Waals surface area contributed by atoms with E-state index in [0.717, 1.165) is 18.5 Å². The number of nitrogens with two attached hydrogens (primary N) is 1. The number of fused-ring (bicyclic) bond motifs is 1. The number of sulfone groups is 1. The van der Waals surface area contributed by atoms with Crippen LogP contribution >= 0.6 is 0 Å². The molecule has 21 heavy (non-hydrogen) atoms. The summed E-state index contributed by atoms with van der Waals surface area (Å²) < 4.78 is 25.2. The molecule has 2 rings (SSSR count). The topological polar surface area (TPSA) is 65.1 Å². The molecule has 0 spiro atoms. The molecule has 1 unspecified atom stereocenters. The summed E-state index contributed by atoms with van der Waals surface area (Å²) in [6.45, 7) is 4.43. The van der Waals surface area contributed by atoms with Crippen molar-refractivity contribution in [3.63, 3.8) is 0 Å². The van der Waals surface area contributed by atoms with E-state index in [2.05, 4.69) is 22.8 Å². The van der Waals surface area contributed by atoms with E-state index in [1.165, 1.54) is 10.9 Å². The highest BCUT2D eigenvalue weighted by Gasteiger charge is 2.09. The minimum atomic E-state index is -2.88. The first kappa shape index (κ1) is 16.0. The monoisotopic (exact) mass is 308 g/mol. The summed E-state index contributed by atoms with van der Waals surface area (Å²) in [7, 11) is -2.88. The van der Waals surface area contributed by atoms with Gasteiger partial charge >= 0.3 is 0 Å². The molecule has 1 aromatic heterocycles. The summed E-state index contributed by atoms with van der Waals surface area (Å²) >= 11 is 0. The largest absolute Gasteiger partial charge is 0.347 e. The lowest BCUT2D eigenvalue weighted by Gasteiger charge is -2.09. The van der Waals surface area contributed by atoms with Crippen LogP contribution in [0, 0.1) is 0 Å². The average Bonchev–Trinajstić information content (AvgIpc) is 2.83. The lowest BCUT2D eigenvalue weighted by molar-refractivity contribution is 0.589. The van der Waals surface area contributed by atoms with E-state index in [-0.39, 0.29) is 17.5 Å². The van der Waals surface area contributed by atoms with Crippen molar-refractivity contribution in [1.29, 1.82) is 0 Å². The Bertz CT molecular complexity index is 702. The Hall–Kier alpha value is -1.33. The average molecular weight is 308 g/mol. The predicted molar refractivity (Wildman–Crippen MR) is 88.2 cm³/mol. The fourth-order valence-corrected chi connectivity index (χ4v) is 3.46. The first-order chi connectivity index (χ1) is 9.93. The number of rotatable bonds is 7. The lowest BCUT2D eigenvalue weighted by atomic mass is 10.0. The fourth-order valence-electron chi connectivity index (χ4n) is 2.61. The molecule has 1 heterocycles. The molecule has 5 heteroatoms. The van der Waals surface area contributed by atoms with Gasteiger partial charge in [0.1, 0.15) is 9.84 Å². The van der Waals surface area contributed by atoms with Crippen LogP contribution in [0.5, 0.6) is 0 Å². The molecular weight excluding hydrogens is 284 g/mol. The van der Waals surface area contributed by atoms with E-state index < -0.39 is 9.84 Å². The Morgan fingerprint density at radius 1 is 1.29 bits per heavy atom. The zero-order chi connectivity index (χ0) is 15.5. The van der Waals surface area contributed by atoms with Crippen LogP contribution in [0.3, 0.4) is 0 Å². The summed E-state index contributed by atoms with van der Waals surface area (Å²) in [5.41, 5.74) is 8.30. The van der Waals surface area contributed by atoms with Crippen molar-refractivity contribution in [1.82, 2.24) is 4.57 Å². The van der Waals surface area contributed by atoms with Gasteiger partial charge in [0, 0.05) is 35.4 Å². The number of aromatic nitrogens is 1. The Morgan fingerprint density at radius 2 is 2.05 bits per heavy atom. The van der Waals surface area contributed by atoms with E-state index >= 15 is 0 Å². The van der Waals surface area contributed by atoms with E-state index in [9.17, 15) is 8.42 Å². The zero-order valence-electron chi connectivity index (χ0n) is 12.7. The third-order valence-corrected chi connectivity index (χ3v) is 5.53. The number of benzene rings is 1. The van der Waals surface area contributed by atoms with Crippen LogP contribution in [0.25, 0.3) is 10.9 Å². The fraction of sp³-hybridized carbons (Fsp3) is 0.500. The highest BCUT2D eigenvalue weighted by Crippen LogP contribution is 2.21. The molecule has 2 N–H and O–H groups in total. The van der Waals surface area contributed by atoms with Gasteiger partial charge in [-0.25, -0.2) is 8.42 Å². The smallest absolute Gasteiger partial charge is 0.150 e. The van der Waals surface area contributed by atoms with Gasteiger partial charge in [-0.1, -0.05) is 19.1 Å². The second kappa shape index (κ2) is 6.62. The molecular formula is C16H24N2O2S. The molecule has 0 radical (unpaired) electrons. The summed E-state index contributed by atoms with van der Waals surface area (Å²) in [6, 6.07) is 8.46. The number of hydrogen-bond acceptors (Lipinski definition) is 3. The summed E-state index contributed by atoms with van der Waals surface area (Å²) in [6.07, 6.45) is 3.54. The molecule has 0 fully saturated rings. The molecule has 0 bridgehead atoms. The van der Waals surface area contributed by atoms with Gasteiger partial charge in [0.2, 0.25) is 0 Å². The van der Waals surface area contributed by atoms with Gasteiger partial charge < -0.3 is 10.3 Å². The first-order valence-corrected chi connectivity index (χ1v) is 9.28. The van der Waals surface area contributed by atoms with Crippen LogP contribution < -0.4 is 5.73 Å². The van der Waals surface area contributed by atoms with Crippen molar-refractivity contribution < 1.29 is 8.42 Å². The van der Waals surface area contributed by atoms with Gasteiger partial charge in [0.05, 0.1) is 5.75 Å². The van der Waals surface area contributed by atoms with Crippen molar-refractivity contribution >= 4 is 20.7 Å². The summed E-state index contributed by atoms with van der Waals surface area (Å²) in [5, 5.41) is 1.22. The summed E-state index contributed by atoms with van der Waals surface area (Å²) in [5.74, 6) is 0.473. The van der Waals surface area contributed by atoms with E-state index in [1.807, 2.05) is 19.2 Å². The Morgan fingerprint density at radius 3 is 2.71 bits per heavy atom. The van der Waals surface area contributed by atoms with Crippen LogP contribution in [0.15, 0.2) is 30.5 Å². The SMILES string of the molecule is CCS(=O)(=O)CCCn1ccc2c(CC(C)N)cccc21. The maximum absolute atomic E-state index is 11.5. The van der Waals surface area contributed by atoms with Crippen molar-refractivity contribution in [2.75, 3.05) is 11.5 Å². The molecule has 4 nitrogen and oxygen atoms in total. The second-order valence-electron chi connectivity index (χ2n) is 5.63. The molecule has 0 aliphatic rings. The van der Waals surface area contributed by atoms with Crippen LogP contribution in [0.2, 0.25) is 0 Å². The minimum absolute atomic E-state index is 0.133. The minimum Gasteiger partial charge on any atom is -0.347 e. The number of hydrogen-bond donors (Lipinski definition) is 1.